The SMILES string of the molecule is CCc1ccc(NC(=O)c2cccc(OCc3ccc(Cl)c(Cl)c3)c2)cc1. The minimum atomic E-state index is -0.181. The van der Waals surface area contributed by atoms with Gasteiger partial charge in [-0.3, -0.25) is 4.79 Å². The molecule has 3 aromatic carbocycles. The molecule has 3 nitrogen and oxygen atoms in total. The number of amides is 1. The molecule has 0 fully saturated rings. The van der Waals surface area contributed by atoms with Gasteiger partial charge in [-0.1, -0.05) is 54.4 Å². The molecular formula is C22H19Cl2NO2. The average Bonchev–Trinajstić information content (AvgIpc) is 2.69. The third-order valence-corrected chi connectivity index (χ3v) is 4.84. The summed E-state index contributed by atoms with van der Waals surface area (Å²) in [4.78, 5) is 12.5. The Labute approximate surface area is 168 Å². The second kappa shape index (κ2) is 8.94. The maximum atomic E-state index is 12.5. The van der Waals surface area contributed by atoms with Crippen LogP contribution in [0, 0.1) is 0 Å². The van der Waals surface area contributed by atoms with Crippen molar-refractivity contribution < 1.29 is 9.53 Å². The van der Waals surface area contributed by atoms with Crippen LogP contribution in [0.25, 0.3) is 0 Å². The fraction of sp³-hybridized carbons (Fsp3) is 0.136. The van der Waals surface area contributed by atoms with Crippen molar-refractivity contribution in [1.29, 1.82) is 0 Å². The van der Waals surface area contributed by atoms with E-state index < -0.39 is 0 Å². The summed E-state index contributed by atoms with van der Waals surface area (Å²) in [6.45, 7) is 2.43. The number of rotatable bonds is 6. The predicted molar refractivity (Wildman–Crippen MR) is 111 cm³/mol. The Hall–Kier alpha value is -2.49. The van der Waals surface area contributed by atoms with Gasteiger partial charge < -0.3 is 10.1 Å². The first-order valence-electron chi connectivity index (χ1n) is 8.62. The molecule has 0 heterocycles. The molecule has 5 heteroatoms. The lowest BCUT2D eigenvalue weighted by atomic mass is 10.1. The largest absolute Gasteiger partial charge is 0.489 e. The molecule has 0 unspecified atom stereocenters. The van der Waals surface area contributed by atoms with E-state index in [1.54, 1.807) is 30.3 Å². The van der Waals surface area contributed by atoms with Gasteiger partial charge in [-0.2, -0.15) is 0 Å². The van der Waals surface area contributed by atoms with Crippen LogP contribution in [-0.4, -0.2) is 5.91 Å². The normalized spacial score (nSPS) is 10.5. The van der Waals surface area contributed by atoms with E-state index >= 15 is 0 Å². The molecule has 3 rings (SSSR count). The number of anilines is 1. The van der Waals surface area contributed by atoms with Gasteiger partial charge in [-0.15, -0.1) is 0 Å². The highest BCUT2D eigenvalue weighted by Gasteiger charge is 2.08. The van der Waals surface area contributed by atoms with E-state index in [2.05, 4.69) is 12.2 Å². The Morgan fingerprint density at radius 1 is 0.926 bits per heavy atom. The van der Waals surface area contributed by atoms with E-state index in [0.717, 1.165) is 17.7 Å². The Morgan fingerprint density at radius 3 is 2.37 bits per heavy atom. The van der Waals surface area contributed by atoms with Gasteiger partial charge in [0.1, 0.15) is 12.4 Å². The summed E-state index contributed by atoms with van der Waals surface area (Å²) >= 11 is 11.9. The summed E-state index contributed by atoms with van der Waals surface area (Å²) in [5.74, 6) is 0.425. The van der Waals surface area contributed by atoms with Crippen LogP contribution >= 0.6 is 23.2 Å². The molecular weight excluding hydrogens is 381 g/mol. The van der Waals surface area contributed by atoms with Gasteiger partial charge in [0.2, 0.25) is 0 Å². The molecule has 1 N–H and O–H groups in total. The molecule has 0 aliphatic heterocycles. The second-order valence-corrected chi connectivity index (χ2v) is 6.88. The van der Waals surface area contributed by atoms with Gasteiger partial charge in [-0.05, 0) is 60.0 Å². The van der Waals surface area contributed by atoms with Crippen LogP contribution < -0.4 is 10.1 Å². The number of halogens is 2. The molecule has 0 aliphatic rings. The molecule has 0 atom stereocenters. The van der Waals surface area contributed by atoms with Crippen molar-refractivity contribution in [2.45, 2.75) is 20.0 Å². The van der Waals surface area contributed by atoms with Gasteiger partial charge in [0.25, 0.3) is 5.91 Å². The zero-order valence-corrected chi connectivity index (χ0v) is 16.3. The molecule has 138 valence electrons. The molecule has 0 radical (unpaired) electrons. The number of hydrogen-bond acceptors (Lipinski definition) is 2. The molecule has 1 amide bonds. The van der Waals surface area contributed by atoms with Gasteiger partial charge in [0.15, 0.2) is 0 Å². The van der Waals surface area contributed by atoms with E-state index in [4.69, 9.17) is 27.9 Å². The van der Waals surface area contributed by atoms with Crippen LogP contribution in [0.1, 0.15) is 28.4 Å². The fourth-order valence-corrected chi connectivity index (χ4v) is 2.87. The number of hydrogen-bond donors (Lipinski definition) is 1. The molecule has 0 aromatic heterocycles. The molecule has 0 bridgehead atoms. The van der Waals surface area contributed by atoms with Crippen LogP contribution in [0.4, 0.5) is 5.69 Å². The van der Waals surface area contributed by atoms with Gasteiger partial charge in [-0.25, -0.2) is 0 Å². The molecule has 3 aromatic rings. The van der Waals surface area contributed by atoms with Crippen LogP contribution in [0.15, 0.2) is 66.7 Å². The maximum Gasteiger partial charge on any atom is 0.255 e. The van der Waals surface area contributed by atoms with Crippen molar-refractivity contribution in [2.75, 3.05) is 5.32 Å². The first-order chi connectivity index (χ1) is 13.0. The minimum absolute atomic E-state index is 0.181. The van der Waals surface area contributed by atoms with Crippen molar-refractivity contribution in [1.82, 2.24) is 0 Å². The summed E-state index contributed by atoms with van der Waals surface area (Å²) < 4.78 is 5.78. The van der Waals surface area contributed by atoms with E-state index in [1.807, 2.05) is 36.4 Å². The maximum absolute atomic E-state index is 12.5. The van der Waals surface area contributed by atoms with Crippen molar-refractivity contribution in [2.24, 2.45) is 0 Å². The lowest BCUT2D eigenvalue weighted by molar-refractivity contribution is 0.102. The zero-order valence-electron chi connectivity index (χ0n) is 14.8. The topological polar surface area (TPSA) is 38.3 Å². The van der Waals surface area contributed by atoms with E-state index in [9.17, 15) is 4.79 Å². The Morgan fingerprint density at radius 2 is 1.67 bits per heavy atom. The van der Waals surface area contributed by atoms with E-state index in [0.29, 0.717) is 28.0 Å². The van der Waals surface area contributed by atoms with Crippen LogP contribution in [0.2, 0.25) is 10.0 Å². The Balaban J connectivity index is 1.65. The fourth-order valence-electron chi connectivity index (χ4n) is 2.55. The van der Waals surface area contributed by atoms with E-state index in [-0.39, 0.29) is 5.91 Å². The van der Waals surface area contributed by atoms with Crippen LogP contribution in [-0.2, 0) is 13.0 Å². The Kier molecular flexibility index (Phi) is 6.38. The Bertz CT molecular complexity index is 939. The first-order valence-corrected chi connectivity index (χ1v) is 9.38. The predicted octanol–water partition coefficient (Wildman–Crippen LogP) is 6.39. The molecule has 0 aliphatic carbocycles. The molecule has 0 spiro atoms. The monoisotopic (exact) mass is 399 g/mol. The summed E-state index contributed by atoms with van der Waals surface area (Å²) in [5, 5.41) is 3.89. The van der Waals surface area contributed by atoms with Gasteiger partial charge in [0, 0.05) is 11.3 Å². The number of carbonyl (C=O) groups is 1. The zero-order chi connectivity index (χ0) is 19.2. The van der Waals surface area contributed by atoms with Crippen LogP contribution in [0.5, 0.6) is 5.75 Å². The highest BCUT2D eigenvalue weighted by Crippen LogP contribution is 2.24. The van der Waals surface area contributed by atoms with Gasteiger partial charge in [0.05, 0.1) is 10.0 Å². The lowest BCUT2D eigenvalue weighted by Crippen LogP contribution is -2.12. The number of ether oxygens (including phenoxy) is 1. The van der Waals surface area contributed by atoms with Gasteiger partial charge >= 0.3 is 0 Å². The third kappa shape index (κ3) is 5.25. The second-order valence-electron chi connectivity index (χ2n) is 6.07. The molecule has 0 saturated heterocycles. The van der Waals surface area contributed by atoms with E-state index in [1.165, 1.54) is 5.56 Å². The molecule has 0 saturated carbocycles. The number of carbonyl (C=O) groups excluding carboxylic acids is 1. The number of benzene rings is 3. The van der Waals surface area contributed by atoms with Crippen molar-refractivity contribution in [3.8, 4) is 5.75 Å². The van der Waals surface area contributed by atoms with Crippen LogP contribution in [0.3, 0.4) is 0 Å². The highest BCUT2D eigenvalue weighted by molar-refractivity contribution is 6.42. The third-order valence-electron chi connectivity index (χ3n) is 4.11. The highest BCUT2D eigenvalue weighted by atomic mass is 35.5. The van der Waals surface area contributed by atoms with Crippen molar-refractivity contribution in [3.63, 3.8) is 0 Å². The summed E-state index contributed by atoms with van der Waals surface area (Å²) in [6, 6.07) is 20.2. The summed E-state index contributed by atoms with van der Waals surface area (Å²) in [5.41, 5.74) is 3.42. The smallest absolute Gasteiger partial charge is 0.255 e. The van der Waals surface area contributed by atoms with Crippen molar-refractivity contribution in [3.05, 3.63) is 93.5 Å². The summed E-state index contributed by atoms with van der Waals surface area (Å²) in [7, 11) is 0. The first kappa shape index (κ1) is 19.3. The minimum Gasteiger partial charge on any atom is -0.489 e. The lowest BCUT2D eigenvalue weighted by Gasteiger charge is -2.10. The van der Waals surface area contributed by atoms with Crippen molar-refractivity contribution >= 4 is 34.8 Å². The summed E-state index contributed by atoms with van der Waals surface area (Å²) in [6.07, 6.45) is 0.965. The quantitative estimate of drug-likeness (QED) is 0.521. The number of aryl methyl sites for hydroxylation is 1. The molecule has 27 heavy (non-hydrogen) atoms. The number of nitrogens with one attached hydrogen (secondary N) is 1. The average molecular weight is 400 g/mol. The standard InChI is InChI=1S/C22H19Cl2NO2/c1-2-15-6-9-18(10-7-15)25-22(26)17-4-3-5-19(13-17)27-14-16-8-11-20(23)21(24)12-16/h3-13H,2,14H2,1H3,(H,25,26).